The summed E-state index contributed by atoms with van der Waals surface area (Å²) in [5.41, 5.74) is 2.06. The largest absolute Gasteiger partial charge is 0.352 e. The summed E-state index contributed by atoms with van der Waals surface area (Å²) in [6, 6.07) is 15.8. The molecule has 4 rings (SSSR count). The SMILES string of the molecule is C[C@H]1CCCCN1C1CN(c2ccc(-c3ccccc3)nn2)C1. The summed E-state index contributed by atoms with van der Waals surface area (Å²) < 4.78 is 0. The Hall–Kier alpha value is -1.94. The minimum Gasteiger partial charge on any atom is -0.352 e. The molecule has 0 bridgehead atoms. The van der Waals surface area contributed by atoms with Crippen molar-refractivity contribution in [2.45, 2.75) is 38.3 Å². The summed E-state index contributed by atoms with van der Waals surface area (Å²) >= 11 is 0. The van der Waals surface area contributed by atoms with Gasteiger partial charge in [0.1, 0.15) is 0 Å². The zero-order chi connectivity index (χ0) is 15.6. The normalized spacial score (nSPS) is 22.8. The van der Waals surface area contributed by atoms with Gasteiger partial charge in [-0.25, -0.2) is 0 Å². The molecule has 0 saturated carbocycles. The fraction of sp³-hybridized carbons (Fsp3) is 0.474. The minimum absolute atomic E-state index is 0.695. The molecule has 0 spiro atoms. The van der Waals surface area contributed by atoms with Gasteiger partial charge in [0.2, 0.25) is 0 Å². The van der Waals surface area contributed by atoms with Gasteiger partial charge in [0.25, 0.3) is 0 Å². The first-order chi connectivity index (χ1) is 11.3. The van der Waals surface area contributed by atoms with Crippen LogP contribution < -0.4 is 4.90 Å². The molecule has 1 aromatic heterocycles. The Morgan fingerprint density at radius 1 is 0.957 bits per heavy atom. The number of benzene rings is 1. The van der Waals surface area contributed by atoms with Crippen LogP contribution in [-0.2, 0) is 0 Å². The van der Waals surface area contributed by atoms with Crippen molar-refractivity contribution in [1.29, 1.82) is 0 Å². The van der Waals surface area contributed by atoms with Crippen LogP contribution in [0.25, 0.3) is 11.3 Å². The zero-order valence-corrected chi connectivity index (χ0v) is 13.7. The summed E-state index contributed by atoms with van der Waals surface area (Å²) in [6.07, 6.45) is 4.09. The molecule has 4 heteroatoms. The van der Waals surface area contributed by atoms with Crippen molar-refractivity contribution in [2.75, 3.05) is 24.5 Å². The van der Waals surface area contributed by atoms with Crippen molar-refractivity contribution >= 4 is 5.82 Å². The second-order valence-corrected chi connectivity index (χ2v) is 6.78. The summed E-state index contributed by atoms with van der Waals surface area (Å²) in [5.74, 6) is 1.01. The molecule has 1 atom stereocenters. The first-order valence-corrected chi connectivity index (χ1v) is 8.71. The third-order valence-electron chi connectivity index (χ3n) is 5.23. The van der Waals surface area contributed by atoms with E-state index in [1.165, 1.54) is 25.8 Å². The predicted octanol–water partition coefficient (Wildman–Crippen LogP) is 3.21. The third kappa shape index (κ3) is 2.95. The van der Waals surface area contributed by atoms with Crippen LogP contribution in [0.15, 0.2) is 42.5 Å². The fourth-order valence-corrected chi connectivity index (χ4v) is 3.77. The Morgan fingerprint density at radius 3 is 2.48 bits per heavy atom. The van der Waals surface area contributed by atoms with Gasteiger partial charge in [-0.3, -0.25) is 4.90 Å². The lowest BCUT2D eigenvalue weighted by atomic mass is 9.97. The van der Waals surface area contributed by atoms with E-state index in [4.69, 9.17) is 0 Å². The van der Waals surface area contributed by atoms with E-state index in [1.54, 1.807) is 0 Å². The van der Waals surface area contributed by atoms with Crippen LogP contribution in [0.4, 0.5) is 5.82 Å². The van der Waals surface area contributed by atoms with Gasteiger partial charge in [-0.2, -0.15) is 0 Å². The maximum absolute atomic E-state index is 4.43. The molecule has 2 aromatic rings. The van der Waals surface area contributed by atoms with Crippen LogP contribution in [-0.4, -0.2) is 46.8 Å². The van der Waals surface area contributed by atoms with Gasteiger partial charge < -0.3 is 4.90 Å². The Balaban J connectivity index is 1.39. The van der Waals surface area contributed by atoms with Gasteiger partial charge in [-0.05, 0) is 38.4 Å². The van der Waals surface area contributed by atoms with Crippen molar-refractivity contribution in [1.82, 2.24) is 15.1 Å². The topological polar surface area (TPSA) is 32.3 Å². The molecule has 2 aliphatic heterocycles. The van der Waals surface area contributed by atoms with Crippen molar-refractivity contribution in [3.8, 4) is 11.3 Å². The van der Waals surface area contributed by atoms with E-state index in [2.05, 4.69) is 51.2 Å². The molecule has 23 heavy (non-hydrogen) atoms. The number of nitrogens with zero attached hydrogens (tertiary/aromatic N) is 4. The lowest BCUT2D eigenvalue weighted by molar-refractivity contribution is 0.0872. The van der Waals surface area contributed by atoms with E-state index < -0.39 is 0 Å². The van der Waals surface area contributed by atoms with Gasteiger partial charge in [0.05, 0.1) is 5.69 Å². The van der Waals surface area contributed by atoms with Crippen molar-refractivity contribution in [3.05, 3.63) is 42.5 Å². The average Bonchev–Trinajstić information content (AvgIpc) is 2.57. The molecular weight excluding hydrogens is 284 g/mol. The summed E-state index contributed by atoms with van der Waals surface area (Å²) in [5, 5.41) is 8.83. The molecule has 2 saturated heterocycles. The van der Waals surface area contributed by atoms with Crippen LogP contribution in [0.5, 0.6) is 0 Å². The minimum atomic E-state index is 0.695. The molecule has 0 unspecified atom stereocenters. The molecule has 3 heterocycles. The molecule has 120 valence electrons. The number of aromatic nitrogens is 2. The van der Waals surface area contributed by atoms with Crippen molar-refractivity contribution < 1.29 is 0 Å². The smallest absolute Gasteiger partial charge is 0.151 e. The molecule has 0 radical (unpaired) electrons. The number of piperidine rings is 1. The summed E-state index contributed by atoms with van der Waals surface area (Å²) in [6.45, 7) is 5.81. The number of hydrogen-bond acceptors (Lipinski definition) is 4. The summed E-state index contributed by atoms with van der Waals surface area (Å²) in [4.78, 5) is 5.03. The molecule has 2 aliphatic rings. The lowest BCUT2D eigenvalue weighted by Gasteiger charge is -2.49. The molecule has 0 aliphatic carbocycles. The second-order valence-electron chi connectivity index (χ2n) is 6.78. The van der Waals surface area contributed by atoms with Crippen LogP contribution >= 0.6 is 0 Å². The van der Waals surface area contributed by atoms with Crippen LogP contribution in [0, 0.1) is 0 Å². The standard InChI is InChI=1S/C19H24N4/c1-15-7-5-6-12-23(15)17-13-22(14-17)19-11-10-18(20-21-19)16-8-3-2-4-9-16/h2-4,8-11,15,17H,5-7,12-14H2,1H3/t15-/m0/s1. The molecule has 2 fully saturated rings. The second kappa shape index (κ2) is 6.28. The Morgan fingerprint density at radius 2 is 1.78 bits per heavy atom. The average molecular weight is 308 g/mol. The van der Waals surface area contributed by atoms with Crippen molar-refractivity contribution in [2.24, 2.45) is 0 Å². The maximum Gasteiger partial charge on any atom is 0.151 e. The first-order valence-electron chi connectivity index (χ1n) is 8.71. The van der Waals surface area contributed by atoms with Gasteiger partial charge in [-0.15, -0.1) is 10.2 Å². The van der Waals surface area contributed by atoms with E-state index in [0.29, 0.717) is 6.04 Å². The van der Waals surface area contributed by atoms with Crippen LogP contribution in [0.2, 0.25) is 0 Å². The van der Waals surface area contributed by atoms with Gasteiger partial charge in [0, 0.05) is 30.7 Å². The van der Waals surface area contributed by atoms with Crippen LogP contribution in [0.3, 0.4) is 0 Å². The quantitative estimate of drug-likeness (QED) is 0.871. The Bertz CT molecular complexity index is 634. The monoisotopic (exact) mass is 308 g/mol. The molecule has 0 N–H and O–H groups in total. The lowest BCUT2D eigenvalue weighted by Crippen LogP contribution is -2.62. The van der Waals surface area contributed by atoms with Gasteiger partial charge >= 0.3 is 0 Å². The van der Waals surface area contributed by atoms with E-state index in [0.717, 1.165) is 36.2 Å². The number of hydrogen-bond donors (Lipinski definition) is 0. The van der Waals surface area contributed by atoms with E-state index >= 15 is 0 Å². The van der Waals surface area contributed by atoms with Gasteiger partial charge in [-0.1, -0.05) is 36.8 Å². The summed E-state index contributed by atoms with van der Waals surface area (Å²) in [7, 11) is 0. The van der Waals surface area contributed by atoms with Crippen LogP contribution in [0.1, 0.15) is 26.2 Å². The zero-order valence-electron chi connectivity index (χ0n) is 13.7. The van der Waals surface area contributed by atoms with Gasteiger partial charge in [0.15, 0.2) is 5.82 Å². The third-order valence-corrected chi connectivity index (χ3v) is 5.23. The highest BCUT2D eigenvalue weighted by molar-refractivity contribution is 5.59. The highest BCUT2D eigenvalue weighted by Gasteiger charge is 2.35. The molecule has 4 nitrogen and oxygen atoms in total. The van der Waals surface area contributed by atoms with E-state index in [-0.39, 0.29) is 0 Å². The predicted molar refractivity (Wildman–Crippen MR) is 93.5 cm³/mol. The fourth-order valence-electron chi connectivity index (χ4n) is 3.77. The first kappa shape index (κ1) is 14.6. The molecule has 1 aromatic carbocycles. The highest BCUT2D eigenvalue weighted by atomic mass is 15.4. The Labute approximate surface area is 138 Å². The number of anilines is 1. The van der Waals surface area contributed by atoms with E-state index in [1.807, 2.05) is 18.2 Å². The molecular formula is C19H24N4. The highest BCUT2D eigenvalue weighted by Crippen LogP contribution is 2.27. The Kier molecular flexibility index (Phi) is 4.00. The molecule has 0 amide bonds. The van der Waals surface area contributed by atoms with Crippen molar-refractivity contribution in [3.63, 3.8) is 0 Å². The maximum atomic E-state index is 4.43. The number of rotatable bonds is 3. The number of likely N-dealkylation sites (tertiary alicyclic amines) is 1. The van der Waals surface area contributed by atoms with E-state index in [9.17, 15) is 0 Å².